The molecular weight excluding hydrogens is 332 g/mol. The van der Waals surface area contributed by atoms with E-state index in [-0.39, 0.29) is 5.54 Å². The van der Waals surface area contributed by atoms with Crippen LogP contribution in [0.5, 0.6) is 0 Å². The Bertz CT molecular complexity index is 485. The average molecular weight is 357 g/mol. The van der Waals surface area contributed by atoms with Crippen molar-refractivity contribution in [1.82, 2.24) is 10.2 Å². The van der Waals surface area contributed by atoms with Crippen LogP contribution in [0.2, 0.25) is 0 Å². The van der Waals surface area contributed by atoms with Gasteiger partial charge in [0.25, 0.3) is 0 Å². The molecule has 2 atom stereocenters. The molecule has 1 saturated carbocycles. The number of nitrogens with zero attached hydrogens (tertiary/aromatic N) is 1. The highest BCUT2D eigenvalue weighted by Gasteiger charge is 2.48. The van der Waals surface area contributed by atoms with Crippen LogP contribution in [0, 0.1) is 5.92 Å². The molecule has 1 aliphatic heterocycles. The van der Waals surface area contributed by atoms with Gasteiger partial charge in [0.2, 0.25) is 0 Å². The van der Waals surface area contributed by atoms with Crippen molar-refractivity contribution < 1.29 is 0 Å². The van der Waals surface area contributed by atoms with Crippen LogP contribution in [0.3, 0.4) is 0 Å². The zero-order valence-corrected chi connectivity index (χ0v) is 15.1. The molecule has 0 aromatic carbocycles. The molecule has 20 heavy (non-hydrogen) atoms. The summed E-state index contributed by atoms with van der Waals surface area (Å²) in [7, 11) is 0. The number of hydrogen-bond acceptors (Lipinski definition) is 3. The van der Waals surface area contributed by atoms with Gasteiger partial charge in [-0.05, 0) is 67.1 Å². The van der Waals surface area contributed by atoms with Gasteiger partial charge >= 0.3 is 0 Å². The molecule has 2 fully saturated rings. The summed E-state index contributed by atoms with van der Waals surface area (Å²) in [4.78, 5) is 4.19. The third kappa shape index (κ3) is 2.85. The van der Waals surface area contributed by atoms with Crippen molar-refractivity contribution in [3.05, 3.63) is 20.8 Å². The lowest BCUT2D eigenvalue weighted by atomic mass is 9.84. The smallest absolute Gasteiger partial charge is 0.0701 e. The van der Waals surface area contributed by atoms with Crippen molar-refractivity contribution in [1.29, 1.82) is 0 Å². The van der Waals surface area contributed by atoms with Crippen molar-refractivity contribution >= 4 is 27.3 Å². The Hall–Kier alpha value is 0.1000. The third-order valence-electron chi connectivity index (χ3n) is 5.37. The highest BCUT2D eigenvalue weighted by Crippen LogP contribution is 2.43. The zero-order valence-electron chi connectivity index (χ0n) is 12.7. The van der Waals surface area contributed by atoms with Gasteiger partial charge in [-0.1, -0.05) is 6.92 Å². The predicted molar refractivity (Wildman–Crippen MR) is 90.3 cm³/mol. The van der Waals surface area contributed by atoms with Gasteiger partial charge in [-0.3, -0.25) is 4.90 Å². The van der Waals surface area contributed by atoms with Crippen LogP contribution >= 0.6 is 27.3 Å². The molecule has 1 aromatic rings. The van der Waals surface area contributed by atoms with Crippen LogP contribution in [0.4, 0.5) is 0 Å². The molecule has 2 heterocycles. The molecule has 2 nitrogen and oxygen atoms in total. The van der Waals surface area contributed by atoms with E-state index in [1.54, 1.807) is 0 Å². The maximum Gasteiger partial charge on any atom is 0.0701 e. The quantitative estimate of drug-likeness (QED) is 0.867. The molecule has 0 amide bonds. The number of nitrogens with one attached hydrogen (secondary N) is 1. The summed E-state index contributed by atoms with van der Waals surface area (Å²) >= 11 is 5.46. The highest BCUT2D eigenvalue weighted by molar-refractivity contribution is 9.11. The van der Waals surface area contributed by atoms with E-state index < -0.39 is 0 Å². The minimum atomic E-state index is 0.283. The Morgan fingerprint density at radius 3 is 2.70 bits per heavy atom. The van der Waals surface area contributed by atoms with E-state index in [2.05, 4.69) is 59.1 Å². The van der Waals surface area contributed by atoms with Gasteiger partial charge in [0, 0.05) is 35.6 Å². The molecule has 1 aliphatic carbocycles. The maximum absolute atomic E-state index is 3.87. The van der Waals surface area contributed by atoms with E-state index in [9.17, 15) is 0 Å². The molecule has 1 N–H and O–H groups in total. The molecule has 1 aromatic heterocycles. The molecule has 3 rings (SSSR count). The molecule has 2 aliphatic rings. The SMILES string of the molecule is CCC1(C)CNC(C)(C2CC2)CN1Cc1ccc(Br)s1. The Morgan fingerprint density at radius 2 is 2.15 bits per heavy atom. The topological polar surface area (TPSA) is 15.3 Å². The van der Waals surface area contributed by atoms with E-state index in [0.29, 0.717) is 5.54 Å². The summed E-state index contributed by atoms with van der Waals surface area (Å²) < 4.78 is 1.24. The minimum absolute atomic E-state index is 0.283. The van der Waals surface area contributed by atoms with E-state index in [0.717, 1.165) is 19.0 Å². The first-order valence-corrected chi connectivity index (χ1v) is 9.30. The van der Waals surface area contributed by atoms with Gasteiger partial charge in [-0.2, -0.15) is 0 Å². The van der Waals surface area contributed by atoms with Crippen molar-refractivity contribution in [3.8, 4) is 0 Å². The second kappa shape index (κ2) is 5.38. The molecule has 0 radical (unpaired) electrons. The van der Waals surface area contributed by atoms with Gasteiger partial charge < -0.3 is 5.32 Å². The summed E-state index contributed by atoms with van der Waals surface area (Å²) in [5, 5.41) is 3.87. The summed E-state index contributed by atoms with van der Waals surface area (Å²) in [5.74, 6) is 0.890. The molecule has 0 bridgehead atoms. The monoisotopic (exact) mass is 356 g/mol. The number of thiophene rings is 1. The fourth-order valence-corrected chi connectivity index (χ4v) is 4.86. The molecule has 112 valence electrons. The Kier molecular flexibility index (Phi) is 4.04. The van der Waals surface area contributed by atoms with Crippen LogP contribution in [0.1, 0.15) is 44.9 Å². The molecule has 0 spiro atoms. The van der Waals surface area contributed by atoms with Crippen LogP contribution in [0.15, 0.2) is 15.9 Å². The van der Waals surface area contributed by atoms with Gasteiger partial charge in [0.1, 0.15) is 0 Å². The van der Waals surface area contributed by atoms with Crippen LogP contribution in [-0.2, 0) is 6.54 Å². The predicted octanol–water partition coefficient (Wildman–Crippen LogP) is 4.25. The Labute approximate surface area is 135 Å². The largest absolute Gasteiger partial charge is 0.308 e. The lowest BCUT2D eigenvalue weighted by Gasteiger charge is -2.52. The first-order valence-electron chi connectivity index (χ1n) is 7.69. The van der Waals surface area contributed by atoms with Gasteiger partial charge in [-0.25, -0.2) is 0 Å². The summed E-state index contributed by atoms with van der Waals surface area (Å²) in [5.41, 5.74) is 0.605. The van der Waals surface area contributed by atoms with Crippen LogP contribution < -0.4 is 5.32 Å². The van der Waals surface area contributed by atoms with Crippen molar-refractivity contribution in [3.63, 3.8) is 0 Å². The van der Waals surface area contributed by atoms with Crippen LogP contribution in [-0.4, -0.2) is 29.1 Å². The second-order valence-electron chi connectivity index (χ2n) is 6.96. The average Bonchev–Trinajstić information content (AvgIpc) is 3.20. The van der Waals surface area contributed by atoms with Gasteiger partial charge in [-0.15, -0.1) is 11.3 Å². The maximum atomic E-state index is 3.87. The Balaban J connectivity index is 1.78. The van der Waals surface area contributed by atoms with Crippen molar-refractivity contribution in [2.75, 3.05) is 13.1 Å². The fraction of sp³-hybridized carbons (Fsp3) is 0.750. The highest BCUT2D eigenvalue weighted by atomic mass is 79.9. The lowest BCUT2D eigenvalue weighted by Crippen LogP contribution is -2.68. The van der Waals surface area contributed by atoms with Crippen LogP contribution in [0.25, 0.3) is 0 Å². The fourth-order valence-electron chi connectivity index (χ4n) is 3.36. The van der Waals surface area contributed by atoms with Crippen molar-refractivity contribution in [2.45, 2.75) is 57.7 Å². The van der Waals surface area contributed by atoms with E-state index in [1.165, 1.54) is 34.5 Å². The van der Waals surface area contributed by atoms with Gasteiger partial charge in [0.05, 0.1) is 3.79 Å². The minimum Gasteiger partial charge on any atom is -0.308 e. The van der Waals surface area contributed by atoms with E-state index in [1.807, 2.05) is 11.3 Å². The standard InChI is InChI=1S/C16H25BrN2S/c1-4-15(2)10-18-16(3,12-5-6-12)11-19(15)9-13-7-8-14(17)20-13/h7-8,12,18H,4-6,9-11H2,1-3H3. The number of hydrogen-bond donors (Lipinski definition) is 1. The lowest BCUT2D eigenvalue weighted by molar-refractivity contribution is 0.00497. The van der Waals surface area contributed by atoms with E-state index in [4.69, 9.17) is 0 Å². The summed E-state index contributed by atoms with van der Waals surface area (Å²) in [6.07, 6.45) is 4.02. The summed E-state index contributed by atoms with van der Waals surface area (Å²) in [6, 6.07) is 4.44. The first kappa shape index (κ1) is 15.0. The van der Waals surface area contributed by atoms with Crippen molar-refractivity contribution in [2.24, 2.45) is 5.92 Å². The van der Waals surface area contributed by atoms with E-state index >= 15 is 0 Å². The molecule has 1 saturated heterocycles. The first-order chi connectivity index (χ1) is 9.45. The zero-order chi connectivity index (χ0) is 14.4. The Morgan fingerprint density at radius 1 is 1.40 bits per heavy atom. The second-order valence-corrected chi connectivity index (χ2v) is 9.51. The molecule has 4 heteroatoms. The normalized spacial score (nSPS) is 35.4. The van der Waals surface area contributed by atoms with Gasteiger partial charge in [0.15, 0.2) is 0 Å². The molecule has 2 unspecified atom stereocenters. The number of piperazine rings is 1. The number of rotatable bonds is 4. The molecular formula is C16H25BrN2S. The number of halogens is 1. The summed E-state index contributed by atoms with van der Waals surface area (Å²) in [6.45, 7) is 10.5. The third-order valence-corrected chi connectivity index (χ3v) is 6.98.